The van der Waals surface area contributed by atoms with E-state index in [0.29, 0.717) is 11.1 Å². The molecular weight excluding hydrogens is 338 g/mol. The highest BCUT2D eigenvalue weighted by atomic mass is 32.2. The maximum absolute atomic E-state index is 11.0. The molecule has 0 aliphatic rings. The first-order chi connectivity index (χ1) is 11.9. The molecule has 2 aromatic rings. The van der Waals surface area contributed by atoms with Crippen LogP contribution in [0.25, 0.3) is 12.2 Å². The van der Waals surface area contributed by atoms with Crippen molar-refractivity contribution in [2.45, 2.75) is 11.3 Å². The molecule has 134 valence electrons. The van der Waals surface area contributed by atoms with Crippen molar-refractivity contribution in [2.75, 3.05) is 18.5 Å². The van der Waals surface area contributed by atoms with Gasteiger partial charge in [0.25, 0.3) is 10.1 Å². The SMILES string of the molecule is C=Cc1cccc(S(=O)(=O)O)c1C=C.OCCCNc1ccccc1. The van der Waals surface area contributed by atoms with Crippen LogP contribution in [-0.4, -0.2) is 31.2 Å². The Labute approximate surface area is 149 Å². The molecule has 25 heavy (non-hydrogen) atoms. The van der Waals surface area contributed by atoms with Crippen LogP contribution in [0.1, 0.15) is 17.5 Å². The predicted molar refractivity (Wildman–Crippen MR) is 103 cm³/mol. The summed E-state index contributed by atoms with van der Waals surface area (Å²) in [7, 11) is -4.20. The molecule has 3 N–H and O–H groups in total. The molecule has 0 fully saturated rings. The summed E-state index contributed by atoms with van der Waals surface area (Å²) in [6.45, 7) is 8.11. The van der Waals surface area contributed by atoms with E-state index in [9.17, 15) is 8.42 Å². The molecule has 0 aliphatic carbocycles. The van der Waals surface area contributed by atoms with Crippen LogP contribution in [-0.2, 0) is 10.1 Å². The topological polar surface area (TPSA) is 86.6 Å². The summed E-state index contributed by atoms with van der Waals surface area (Å²) in [4.78, 5) is -0.148. The van der Waals surface area contributed by atoms with Crippen LogP contribution in [0.15, 0.2) is 66.6 Å². The molecular formula is C19H23NO4S. The highest BCUT2D eigenvalue weighted by Crippen LogP contribution is 2.21. The third-order valence-corrected chi connectivity index (χ3v) is 4.15. The molecule has 6 heteroatoms. The number of aliphatic hydroxyl groups excluding tert-OH is 1. The fourth-order valence-electron chi connectivity index (χ4n) is 2.05. The Morgan fingerprint density at radius 2 is 1.68 bits per heavy atom. The second-order valence-electron chi connectivity index (χ2n) is 5.01. The number of rotatable bonds is 7. The van der Waals surface area contributed by atoms with Crippen LogP contribution in [0.5, 0.6) is 0 Å². The number of hydrogen-bond donors (Lipinski definition) is 3. The molecule has 0 radical (unpaired) electrons. The normalized spacial score (nSPS) is 10.3. The minimum absolute atomic E-state index is 0.148. The standard InChI is InChI=1S/C10H10O3S.C9H13NO/c1-3-8-6-5-7-10(9(8)4-2)14(11,12)13;11-8-4-7-10-9-5-2-1-3-6-9/h3-7H,1-2H2,(H,11,12,13);1-3,5-6,10-11H,4,7-8H2. The number of para-hydroxylation sites is 1. The molecule has 5 nitrogen and oxygen atoms in total. The summed E-state index contributed by atoms with van der Waals surface area (Å²) >= 11 is 0. The van der Waals surface area contributed by atoms with Gasteiger partial charge >= 0.3 is 0 Å². The largest absolute Gasteiger partial charge is 0.396 e. The third kappa shape index (κ3) is 6.93. The Balaban J connectivity index is 0.000000257. The van der Waals surface area contributed by atoms with E-state index in [1.54, 1.807) is 6.07 Å². The Bertz CT molecular complexity index is 786. The molecule has 0 aliphatic heterocycles. The fraction of sp³-hybridized carbons (Fsp3) is 0.158. The zero-order valence-corrected chi connectivity index (χ0v) is 14.7. The van der Waals surface area contributed by atoms with E-state index in [1.165, 1.54) is 24.3 Å². The van der Waals surface area contributed by atoms with Crippen molar-refractivity contribution in [1.29, 1.82) is 0 Å². The molecule has 0 heterocycles. The first-order valence-corrected chi connectivity index (χ1v) is 9.13. The average Bonchev–Trinajstić information content (AvgIpc) is 2.62. The highest BCUT2D eigenvalue weighted by molar-refractivity contribution is 7.85. The van der Waals surface area contributed by atoms with Gasteiger partial charge in [0.2, 0.25) is 0 Å². The van der Waals surface area contributed by atoms with Gasteiger partial charge in [-0.1, -0.05) is 55.6 Å². The van der Waals surface area contributed by atoms with Gasteiger partial charge < -0.3 is 10.4 Å². The van der Waals surface area contributed by atoms with Gasteiger partial charge in [-0.05, 0) is 30.2 Å². The molecule has 0 amide bonds. The van der Waals surface area contributed by atoms with Crippen LogP contribution < -0.4 is 5.32 Å². The lowest BCUT2D eigenvalue weighted by molar-refractivity contribution is 0.292. The van der Waals surface area contributed by atoms with Crippen LogP contribution >= 0.6 is 0 Å². The third-order valence-electron chi connectivity index (χ3n) is 3.24. The van der Waals surface area contributed by atoms with Crippen LogP contribution in [0.3, 0.4) is 0 Å². The molecule has 0 spiro atoms. The van der Waals surface area contributed by atoms with E-state index >= 15 is 0 Å². The van der Waals surface area contributed by atoms with Gasteiger partial charge in [-0.15, -0.1) is 0 Å². The molecule has 0 saturated heterocycles. The van der Waals surface area contributed by atoms with Gasteiger partial charge in [0.1, 0.15) is 4.90 Å². The monoisotopic (exact) mass is 361 g/mol. The minimum Gasteiger partial charge on any atom is -0.396 e. The Morgan fingerprint density at radius 3 is 2.20 bits per heavy atom. The average molecular weight is 361 g/mol. The molecule has 0 unspecified atom stereocenters. The van der Waals surface area contributed by atoms with Crippen molar-refractivity contribution in [3.63, 3.8) is 0 Å². The van der Waals surface area contributed by atoms with Crippen molar-refractivity contribution in [1.82, 2.24) is 0 Å². The first-order valence-electron chi connectivity index (χ1n) is 7.69. The number of hydrogen-bond acceptors (Lipinski definition) is 4. The summed E-state index contributed by atoms with van der Waals surface area (Å²) < 4.78 is 30.8. The second-order valence-corrected chi connectivity index (χ2v) is 6.40. The molecule has 0 bridgehead atoms. The highest BCUT2D eigenvalue weighted by Gasteiger charge is 2.14. The van der Waals surface area contributed by atoms with Gasteiger partial charge in [0.15, 0.2) is 0 Å². The van der Waals surface area contributed by atoms with Gasteiger partial charge in [-0.25, -0.2) is 0 Å². The van der Waals surface area contributed by atoms with Crippen molar-refractivity contribution in [3.8, 4) is 0 Å². The van der Waals surface area contributed by atoms with Gasteiger partial charge in [0, 0.05) is 24.4 Å². The number of anilines is 1. The van der Waals surface area contributed by atoms with Crippen LogP contribution in [0.4, 0.5) is 5.69 Å². The summed E-state index contributed by atoms with van der Waals surface area (Å²) in [6.07, 6.45) is 3.68. The van der Waals surface area contributed by atoms with Gasteiger partial charge in [-0.2, -0.15) is 8.42 Å². The lowest BCUT2D eigenvalue weighted by Gasteiger charge is -2.05. The van der Waals surface area contributed by atoms with Gasteiger partial charge in [-0.3, -0.25) is 4.55 Å². The van der Waals surface area contributed by atoms with E-state index in [-0.39, 0.29) is 11.5 Å². The van der Waals surface area contributed by atoms with Crippen molar-refractivity contribution < 1.29 is 18.1 Å². The van der Waals surface area contributed by atoms with E-state index in [1.807, 2.05) is 30.3 Å². The Hall–Kier alpha value is -2.41. The zero-order chi connectivity index (χ0) is 18.7. The quantitative estimate of drug-likeness (QED) is 0.517. The Morgan fingerprint density at radius 1 is 1.00 bits per heavy atom. The van der Waals surface area contributed by atoms with Crippen LogP contribution in [0.2, 0.25) is 0 Å². The Kier molecular flexibility index (Phi) is 8.63. The lowest BCUT2D eigenvalue weighted by Crippen LogP contribution is -2.02. The maximum atomic E-state index is 11.0. The number of nitrogens with one attached hydrogen (secondary N) is 1. The predicted octanol–water partition coefficient (Wildman–Crippen LogP) is 3.70. The molecule has 2 rings (SSSR count). The maximum Gasteiger partial charge on any atom is 0.295 e. The molecule has 0 atom stereocenters. The summed E-state index contributed by atoms with van der Waals surface area (Å²) in [5, 5.41) is 11.7. The molecule has 0 aromatic heterocycles. The van der Waals surface area contributed by atoms with E-state index in [2.05, 4.69) is 18.5 Å². The zero-order valence-electron chi connectivity index (χ0n) is 13.9. The molecule has 0 saturated carbocycles. The van der Waals surface area contributed by atoms with Gasteiger partial charge in [0.05, 0.1) is 0 Å². The van der Waals surface area contributed by atoms with E-state index in [4.69, 9.17) is 9.66 Å². The summed E-state index contributed by atoms with van der Waals surface area (Å²) in [5.74, 6) is 0. The first kappa shape index (κ1) is 20.6. The van der Waals surface area contributed by atoms with E-state index < -0.39 is 10.1 Å². The minimum atomic E-state index is -4.20. The molecule has 2 aromatic carbocycles. The second kappa shape index (κ2) is 10.5. The van der Waals surface area contributed by atoms with E-state index in [0.717, 1.165) is 18.7 Å². The van der Waals surface area contributed by atoms with Crippen molar-refractivity contribution in [3.05, 3.63) is 72.8 Å². The smallest absolute Gasteiger partial charge is 0.295 e. The number of aliphatic hydroxyl groups is 1. The summed E-state index contributed by atoms with van der Waals surface area (Å²) in [5.41, 5.74) is 2.10. The van der Waals surface area contributed by atoms with Crippen LogP contribution in [0, 0.1) is 0 Å². The summed E-state index contributed by atoms with van der Waals surface area (Å²) in [6, 6.07) is 14.5. The number of benzene rings is 2. The van der Waals surface area contributed by atoms with Crippen molar-refractivity contribution in [2.24, 2.45) is 0 Å². The fourth-order valence-corrected chi connectivity index (χ4v) is 2.78. The lowest BCUT2D eigenvalue weighted by atomic mass is 10.1. The van der Waals surface area contributed by atoms with Crippen molar-refractivity contribution >= 4 is 28.0 Å².